The summed E-state index contributed by atoms with van der Waals surface area (Å²) in [5, 5.41) is 6.23. The zero-order valence-corrected chi connectivity index (χ0v) is 12.0. The highest BCUT2D eigenvalue weighted by molar-refractivity contribution is 8.14. The number of esters is 1. The molecule has 1 unspecified atom stereocenters. The van der Waals surface area contributed by atoms with E-state index >= 15 is 0 Å². The first-order valence-electron chi connectivity index (χ1n) is 6.21. The lowest BCUT2D eigenvalue weighted by atomic mass is 10.3. The number of nitrogens with one attached hydrogen (secondary N) is 1. The maximum absolute atomic E-state index is 12.0. The van der Waals surface area contributed by atoms with Gasteiger partial charge in [-0.25, -0.2) is 4.79 Å². The largest absolute Gasteiger partial charge is 0.461 e. The number of anilines is 1. The van der Waals surface area contributed by atoms with Crippen LogP contribution in [-0.4, -0.2) is 45.6 Å². The molecule has 1 saturated heterocycles. The van der Waals surface area contributed by atoms with Crippen LogP contribution < -0.4 is 4.90 Å². The number of carbonyl (C=O) groups is 3. The Morgan fingerprint density at radius 1 is 1.60 bits per heavy atom. The van der Waals surface area contributed by atoms with Crippen molar-refractivity contribution in [1.29, 1.82) is 0 Å². The minimum absolute atomic E-state index is 0.0255. The highest BCUT2D eigenvalue weighted by Gasteiger charge is 2.34. The molecule has 20 heavy (non-hydrogen) atoms. The third kappa shape index (κ3) is 3.01. The monoisotopic (exact) mass is 297 g/mol. The fraction of sp³-hybridized carbons (Fsp3) is 0.500. The predicted molar refractivity (Wildman–Crippen MR) is 73.6 cm³/mol. The van der Waals surface area contributed by atoms with Gasteiger partial charge in [0.1, 0.15) is 0 Å². The molecule has 0 aliphatic carbocycles. The van der Waals surface area contributed by atoms with Crippen LogP contribution in [0.5, 0.6) is 0 Å². The standard InChI is InChI=1S/C12H15N3O4S/c1-3-19-12(18)11-9(5-13-14-11)15-6-8(4-10(15)17)20-7(2)16/h5,8H,3-4,6H2,1-2H3,(H,13,14). The zero-order chi connectivity index (χ0) is 14.7. The van der Waals surface area contributed by atoms with Crippen LogP contribution in [0.3, 0.4) is 0 Å². The smallest absolute Gasteiger partial charge is 0.358 e. The molecule has 1 fully saturated rings. The highest BCUT2D eigenvalue weighted by atomic mass is 32.2. The first kappa shape index (κ1) is 14.6. The van der Waals surface area contributed by atoms with E-state index in [0.29, 0.717) is 12.2 Å². The number of nitrogens with zero attached hydrogens (tertiary/aromatic N) is 2. The molecule has 1 aromatic heterocycles. The normalized spacial score (nSPS) is 18.4. The van der Waals surface area contributed by atoms with Crippen molar-refractivity contribution >= 4 is 34.4 Å². The molecular weight excluding hydrogens is 282 g/mol. The van der Waals surface area contributed by atoms with Crippen LogP contribution in [0, 0.1) is 0 Å². The van der Waals surface area contributed by atoms with E-state index in [1.165, 1.54) is 18.0 Å². The Kier molecular flexibility index (Phi) is 4.43. The number of carbonyl (C=O) groups excluding carboxylic acids is 3. The summed E-state index contributed by atoms with van der Waals surface area (Å²) in [5.74, 6) is -0.675. The van der Waals surface area contributed by atoms with Gasteiger partial charge in [-0.1, -0.05) is 11.8 Å². The van der Waals surface area contributed by atoms with Gasteiger partial charge >= 0.3 is 5.97 Å². The fourth-order valence-corrected chi connectivity index (χ4v) is 2.98. The molecule has 1 amide bonds. The summed E-state index contributed by atoms with van der Waals surface area (Å²) in [6, 6.07) is 0. The van der Waals surface area contributed by atoms with Gasteiger partial charge in [-0.05, 0) is 6.92 Å². The molecule has 2 rings (SSSR count). The first-order chi connectivity index (χ1) is 9.52. The lowest BCUT2D eigenvalue weighted by Gasteiger charge is -2.15. The van der Waals surface area contributed by atoms with Gasteiger partial charge in [0.2, 0.25) is 5.91 Å². The number of H-pyrrole nitrogens is 1. The predicted octanol–water partition coefficient (Wildman–Crippen LogP) is 0.971. The van der Waals surface area contributed by atoms with Crippen molar-refractivity contribution < 1.29 is 19.1 Å². The molecule has 108 valence electrons. The lowest BCUT2D eigenvalue weighted by molar-refractivity contribution is -0.117. The van der Waals surface area contributed by atoms with Crippen LogP contribution in [0.2, 0.25) is 0 Å². The summed E-state index contributed by atoms with van der Waals surface area (Å²) in [5.41, 5.74) is 0.564. The summed E-state index contributed by atoms with van der Waals surface area (Å²) in [4.78, 5) is 36.3. The van der Waals surface area contributed by atoms with E-state index in [1.807, 2.05) is 0 Å². The lowest BCUT2D eigenvalue weighted by Crippen LogP contribution is -2.26. The molecule has 8 heteroatoms. The SMILES string of the molecule is CCOC(=O)c1[nH]ncc1N1CC(SC(C)=O)CC1=O. The summed E-state index contributed by atoms with van der Waals surface area (Å²) >= 11 is 1.14. The Bertz CT molecular complexity index is 543. The van der Waals surface area contributed by atoms with Gasteiger partial charge in [0.15, 0.2) is 10.8 Å². The van der Waals surface area contributed by atoms with E-state index in [1.54, 1.807) is 6.92 Å². The number of hydrogen-bond acceptors (Lipinski definition) is 6. The Morgan fingerprint density at radius 2 is 2.35 bits per heavy atom. The Labute approximate surface area is 120 Å². The second-order valence-electron chi connectivity index (χ2n) is 4.29. The van der Waals surface area contributed by atoms with Crippen LogP contribution in [0.15, 0.2) is 6.20 Å². The maximum atomic E-state index is 12.0. The van der Waals surface area contributed by atoms with E-state index < -0.39 is 5.97 Å². The number of thioether (sulfide) groups is 1. The van der Waals surface area contributed by atoms with Crippen molar-refractivity contribution in [2.75, 3.05) is 18.1 Å². The van der Waals surface area contributed by atoms with Gasteiger partial charge in [0.05, 0.1) is 18.5 Å². The second kappa shape index (κ2) is 6.08. The van der Waals surface area contributed by atoms with Crippen LogP contribution >= 0.6 is 11.8 Å². The van der Waals surface area contributed by atoms with Crippen LogP contribution in [-0.2, 0) is 14.3 Å². The molecule has 0 radical (unpaired) electrons. The summed E-state index contributed by atoms with van der Waals surface area (Å²) in [6.07, 6.45) is 1.70. The first-order valence-corrected chi connectivity index (χ1v) is 7.09. The summed E-state index contributed by atoms with van der Waals surface area (Å²) in [6.45, 7) is 3.80. The van der Waals surface area contributed by atoms with Gasteiger partial charge in [-0.3, -0.25) is 14.7 Å². The Balaban J connectivity index is 2.16. The van der Waals surface area contributed by atoms with Crippen molar-refractivity contribution in [1.82, 2.24) is 10.2 Å². The number of aromatic nitrogens is 2. The zero-order valence-electron chi connectivity index (χ0n) is 11.2. The average molecular weight is 297 g/mol. The minimum atomic E-state index is -0.546. The van der Waals surface area contributed by atoms with Crippen LogP contribution in [0.25, 0.3) is 0 Å². The molecule has 1 aromatic rings. The van der Waals surface area contributed by atoms with Gasteiger partial charge in [-0.15, -0.1) is 0 Å². The molecule has 1 aliphatic rings. The number of ether oxygens (including phenoxy) is 1. The average Bonchev–Trinajstić information content (AvgIpc) is 2.95. The molecule has 0 spiro atoms. The summed E-state index contributed by atoms with van der Waals surface area (Å²) < 4.78 is 4.91. The molecule has 7 nitrogen and oxygen atoms in total. The molecule has 0 bridgehead atoms. The second-order valence-corrected chi connectivity index (χ2v) is 5.77. The highest BCUT2D eigenvalue weighted by Crippen LogP contribution is 2.30. The van der Waals surface area contributed by atoms with Crippen molar-refractivity contribution in [2.45, 2.75) is 25.5 Å². The van der Waals surface area contributed by atoms with Crippen LogP contribution in [0.1, 0.15) is 30.8 Å². The maximum Gasteiger partial charge on any atom is 0.358 e. The minimum Gasteiger partial charge on any atom is -0.461 e. The van der Waals surface area contributed by atoms with Gasteiger partial charge in [-0.2, -0.15) is 5.10 Å². The van der Waals surface area contributed by atoms with Crippen molar-refractivity contribution in [3.8, 4) is 0 Å². The van der Waals surface area contributed by atoms with E-state index in [4.69, 9.17) is 4.74 Å². The molecule has 1 aliphatic heterocycles. The van der Waals surface area contributed by atoms with Crippen LogP contribution in [0.4, 0.5) is 5.69 Å². The topological polar surface area (TPSA) is 92.4 Å². The Morgan fingerprint density at radius 3 is 3.00 bits per heavy atom. The molecule has 2 heterocycles. The summed E-state index contributed by atoms with van der Waals surface area (Å²) in [7, 11) is 0. The quantitative estimate of drug-likeness (QED) is 0.833. The van der Waals surface area contributed by atoms with Gasteiger partial charge in [0.25, 0.3) is 0 Å². The van der Waals surface area contributed by atoms with Crippen molar-refractivity contribution in [2.24, 2.45) is 0 Å². The fourth-order valence-electron chi connectivity index (χ4n) is 2.06. The van der Waals surface area contributed by atoms with Crippen molar-refractivity contribution in [3.63, 3.8) is 0 Å². The number of rotatable bonds is 4. The van der Waals surface area contributed by atoms with Gasteiger partial charge in [0, 0.05) is 25.1 Å². The molecule has 1 N–H and O–H groups in total. The number of aromatic amines is 1. The van der Waals surface area contributed by atoms with E-state index in [9.17, 15) is 14.4 Å². The molecular formula is C12H15N3O4S. The molecule has 1 atom stereocenters. The van der Waals surface area contributed by atoms with E-state index in [-0.39, 0.29) is 35.0 Å². The third-order valence-electron chi connectivity index (χ3n) is 2.81. The Hall–Kier alpha value is -1.83. The number of hydrogen-bond donors (Lipinski definition) is 1. The molecule has 0 saturated carbocycles. The van der Waals surface area contributed by atoms with Crippen molar-refractivity contribution in [3.05, 3.63) is 11.9 Å². The number of amides is 1. The molecule has 0 aromatic carbocycles. The van der Waals surface area contributed by atoms with E-state index in [0.717, 1.165) is 11.8 Å². The van der Waals surface area contributed by atoms with E-state index in [2.05, 4.69) is 10.2 Å². The van der Waals surface area contributed by atoms with Gasteiger partial charge < -0.3 is 9.64 Å². The third-order valence-corrected chi connectivity index (χ3v) is 3.79.